The molecule has 0 unspecified atom stereocenters. The number of halogens is 3. The van der Waals surface area contributed by atoms with Crippen LogP contribution in [0.4, 0.5) is 18.9 Å². The van der Waals surface area contributed by atoms with E-state index in [1.807, 2.05) is 36.9 Å². The van der Waals surface area contributed by atoms with E-state index in [1.165, 1.54) is 0 Å². The summed E-state index contributed by atoms with van der Waals surface area (Å²) in [6.45, 7) is 5.32. The summed E-state index contributed by atoms with van der Waals surface area (Å²) in [4.78, 5) is 14.2. The molecule has 9 heteroatoms. The van der Waals surface area contributed by atoms with Crippen LogP contribution in [0.1, 0.15) is 41.7 Å². The van der Waals surface area contributed by atoms with Gasteiger partial charge in [-0.25, -0.2) is 0 Å². The van der Waals surface area contributed by atoms with Crippen LogP contribution in [0, 0.1) is 13.8 Å². The van der Waals surface area contributed by atoms with Crippen molar-refractivity contribution >= 4 is 11.6 Å². The van der Waals surface area contributed by atoms with E-state index in [-0.39, 0.29) is 24.3 Å². The van der Waals surface area contributed by atoms with Crippen LogP contribution in [0.3, 0.4) is 0 Å². The first kappa shape index (κ1) is 19.3. The first-order chi connectivity index (χ1) is 12.7. The van der Waals surface area contributed by atoms with Gasteiger partial charge in [0.05, 0.1) is 6.54 Å². The van der Waals surface area contributed by atoms with E-state index in [2.05, 4.69) is 15.5 Å². The number of aromatic nitrogens is 2. The minimum Gasteiger partial charge on any atom is -0.417 e. The Labute approximate surface area is 154 Å². The quantitative estimate of drug-likeness (QED) is 0.876. The normalized spacial score (nSPS) is 16.5. The van der Waals surface area contributed by atoms with Crippen LogP contribution in [0.25, 0.3) is 0 Å². The van der Waals surface area contributed by atoms with Gasteiger partial charge in [-0.1, -0.05) is 17.7 Å². The molecule has 2 aromatic rings. The number of hydrogen-bond donors (Lipinski definition) is 1. The number of alkyl halides is 3. The highest BCUT2D eigenvalue weighted by atomic mass is 19.4. The van der Waals surface area contributed by atoms with Gasteiger partial charge < -0.3 is 9.73 Å². The standard InChI is InChI=1S/C18H21F3N4O2/c1-11-3-4-14(12(2)9-11)22-15(26)10-25-7-5-13(6-8-25)16-23-24-17(27-16)18(19,20)21/h3-4,9,13H,5-8,10H2,1-2H3,(H,22,26). The molecule has 3 rings (SSSR count). The van der Waals surface area contributed by atoms with Gasteiger partial charge in [-0.05, 0) is 51.4 Å². The van der Waals surface area contributed by atoms with Crippen molar-refractivity contribution < 1.29 is 22.4 Å². The number of nitrogens with one attached hydrogen (secondary N) is 1. The van der Waals surface area contributed by atoms with Crippen molar-refractivity contribution in [3.63, 3.8) is 0 Å². The number of nitrogens with zero attached hydrogens (tertiary/aromatic N) is 3. The number of aryl methyl sites for hydroxylation is 2. The first-order valence-electron chi connectivity index (χ1n) is 8.72. The molecule has 0 atom stereocenters. The van der Waals surface area contributed by atoms with Crippen molar-refractivity contribution in [2.24, 2.45) is 0 Å². The molecule has 1 aliphatic rings. The molecule has 0 aliphatic carbocycles. The monoisotopic (exact) mass is 382 g/mol. The second-order valence-electron chi connectivity index (χ2n) is 6.86. The maximum atomic E-state index is 12.6. The van der Waals surface area contributed by atoms with Gasteiger partial charge in [0.2, 0.25) is 11.8 Å². The van der Waals surface area contributed by atoms with E-state index in [0.29, 0.717) is 25.9 Å². The highest BCUT2D eigenvalue weighted by Gasteiger charge is 2.39. The molecule has 1 aliphatic heterocycles. The number of benzene rings is 1. The Morgan fingerprint density at radius 2 is 1.96 bits per heavy atom. The molecule has 1 N–H and O–H groups in total. The number of anilines is 1. The van der Waals surface area contributed by atoms with Gasteiger partial charge in [0.1, 0.15) is 0 Å². The molecule has 0 spiro atoms. The van der Waals surface area contributed by atoms with E-state index in [1.54, 1.807) is 0 Å². The molecule has 1 amide bonds. The smallest absolute Gasteiger partial charge is 0.417 e. The van der Waals surface area contributed by atoms with Crippen LogP contribution in [0.5, 0.6) is 0 Å². The number of hydrogen-bond acceptors (Lipinski definition) is 5. The molecule has 0 bridgehead atoms. The molecule has 0 saturated carbocycles. The molecule has 1 aromatic heterocycles. The second kappa shape index (κ2) is 7.67. The fraction of sp³-hybridized carbons (Fsp3) is 0.500. The Hall–Kier alpha value is -2.42. The maximum Gasteiger partial charge on any atom is 0.470 e. The minimum absolute atomic E-state index is 0.0155. The zero-order valence-electron chi connectivity index (χ0n) is 15.1. The van der Waals surface area contributed by atoms with Crippen LogP contribution in [0.2, 0.25) is 0 Å². The highest BCUT2D eigenvalue weighted by molar-refractivity contribution is 5.93. The molecule has 2 heterocycles. The van der Waals surface area contributed by atoms with E-state index in [9.17, 15) is 18.0 Å². The fourth-order valence-electron chi connectivity index (χ4n) is 3.20. The predicted octanol–water partition coefficient (Wildman–Crippen LogP) is 3.52. The SMILES string of the molecule is Cc1ccc(NC(=O)CN2CCC(c3nnc(C(F)(F)F)o3)CC2)c(C)c1. The van der Waals surface area contributed by atoms with Crippen LogP contribution in [0.15, 0.2) is 22.6 Å². The van der Waals surface area contributed by atoms with Gasteiger partial charge in [-0.3, -0.25) is 9.69 Å². The van der Waals surface area contributed by atoms with E-state index in [4.69, 9.17) is 4.42 Å². The topological polar surface area (TPSA) is 71.3 Å². The van der Waals surface area contributed by atoms with Gasteiger partial charge >= 0.3 is 12.1 Å². The summed E-state index contributed by atoms with van der Waals surface area (Å²) in [6.07, 6.45) is -3.50. The summed E-state index contributed by atoms with van der Waals surface area (Å²) in [5, 5.41) is 9.50. The molecular weight excluding hydrogens is 361 g/mol. The average Bonchev–Trinajstić information content (AvgIpc) is 3.08. The predicted molar refractivity (Wildman–Crippen MR) is 92.3 cm³/mol. The van der Waals surface area contributed by atoms with E-state index >= 15 is 0 Å². The Morgan fingerprint density at radius 1 is 1.26 bits per heavy atom. The number of carbonyl (C=O) groups excluding carboxylic acids is 1. The number of likely N-dealkylation sites (tertiary alicyclic amines) is 1. The molecule has 27 heavy (non-hydrogen) atoms. The summed E-state index contributed by atoms with van der Waals surface area (Å²) in [6, 6.07) is 5.82. The van der Waals surface area contributed by atoms with Crippen molar-refractivity contribution in [1.29, 1.82) is 0 Å². The van der Waals surface area contributed by atoms with Crippen molar-refractivity contribution in [2.45, 2.75) is 38.8 Å². The number of amides is 1. The van der Waals surface area contributed by atoms with Gasteiger partial charge in [0, 0.05) is 11.6 Å². The second-order valence-corrected chi connectivity index (χ2v) is 6.86. The molecule has 1 aromatic carbocycles. The largest absolute Gasteiger partial charge is 0.470 e. The lowest BCUT2D eigenvalue weighted by Gasteiger charge is -2.29. The number of carbonyl (C=O) groups is 1. The summed E-state index contributed by atoms with van der Waals surface area (Å²) < 4.78 is 42.4. The zero-order chi connectivity index (χ0) is 19.6. The van der Waals surface area contributed by atoms with Crippen molar-refractivity contribution in [3.8, 4) is 0 Å². The summed E-state index contributed by atoms with van der Waals surface area (Å²) in [7, 11) is 0. The van der Waals surface area contributed by atoms with Crippen LogP contribution >= 0.6 is 0 Å². The van der Waals surface area contributed by atoms with Crippen molar-refractivity contribution in [1.82, 2.24) is 15.1 Å². The number of rotatable bonds is 4. The molecular formula is C18H21F3N4O2. The molecule has 6 nitrogen and oxygen atoms in total. The van der Waals surface area contributed by atoms with Crippen molar-refractivity contribution in [3.05, 3.63) is 41.1 Å². The molecule has 1 fully saturated rings. The molecule has 1 saturated heterocycles. The van der Waals surface area contributed by atoms with Gasteiger partial charge in [0.25, 0.3) is 0 Å². The minimum atomic E-state index is -4.63. The number of piperidine rings is 1. The third-order valence-corrected chi connectivity index (χ3v) is 4.64. The van der Waals surface area contributed by atoms with Gasteiger partial charge in [-0.2, -0.15) is 13.2 Å². The van der Waals surface area contributed by atoms with Crippen LogP contribution < -0.4 is 5.32 Å². The Morgan fingerprint density at radius 3 is 2.56 bits per heavy atom. The Balaban J connectivity index is 1.50. The van der Waals surface area contributed by atoms with Crippen LogP contribution in [-0.2, 0) is 11.0 Å². The summed E-state index contributed by atoms with van der Waals surface area (Å²) >= 11 is 0. The third-order valence-electron chi connectivity index (χ3n) is 4.64. The van der Waals surface area contributed by atoms with Gasteiger partial charge in [0.15, 0.2) is 0 Å². The summed E-state index contributed by atoms with van der Waals surface area (Å²) in [5.41, 5.74) is 2.91. The Bertz CT molecular complexity index is 811. The third kappa shape index (κ3) is 4.85. The molecule has 146 valence electrons. The van der Waals surface area contributed by atoms with Gasteiger partial charge in [-0.15, -0.1) is 10.2 Å². The lowest BCUT2D eigenvalue weighted by molar-refractivity contribution is -0.157. The van der Waals surface area contributed by atoms with E-state index < -0.39 is 12.1 Å². The lowest BCUT2D eigenvalue weighted by atomic mass is 9.97. The zero-order valence-corrected chi connectivity index (χ0v) is 15.1. The first-order valence-corrected chi connectivity index (χ1v) is 8.72. The van der Waals surface area contributed by atoms with Crippen LogP contribution in [-0.4, -0.2) is 40.6 Å². The summed E-state index contributed by atoms with van der Waals surface area (Å²) in [5.74, 6) is -1.63. The lowest BCUT2D eigenvalue weighted by Crippen LogP contribution is -2.38. The maximum absolute atomic E-state index is 12.6. The highest BCUT2D eigenvalue weighted by Crippen LogP contribution is 2.32. The van der Waals surface area contributed by atoms with E-state index in [0.717, 1.165) is 16.8 Å². The fourth-order valence-corrected chi connectivity index (χ4v) is 3.20. The Kier molecular flexibility index (Phi) is 5.50. The van der Waals surface area contributed by atoms with Crippen molar-refractivity contribution in [2.75, 3.05) is 25.0 Å². The average molecular weight is 382 g/mol. The molecule has 0 radical (unpaired) electrons.